The van der Waals surface area contributed by atoms with Crippen LogP contribution in [0.5, 0.6) is 0 Å². The summed E-state index contributed by atoms with van der Waals surface area (Å²) in [5.41, 5.74) is 13.0. The summed E-state index contributed by atoms with van der Waals surface area (Å²) in [5.74, 6) is 0. The SMILES string of the molecule is CC1(C)OB(c2cc(-c3ccccc3-c3ccc(-c4ccccn4)cc3)cc(-c3ccccc3-c3ccc(-c4ccccc4)nc3)c2)OC1(C)C. The maximum absolute atomic E-state index is 6.63. The summed E-state index contributed by atoms with van der Waals surface area (Å²) in [6.45, 7) is 8.40. The van der Waals surface area contributed by atoms with Gasteiger partial charge in [0.15, 0.2) is 0 Å². The molecule has 0 bridgehead atoms. The van der Waals surface area contributed by atoms with Crippen molar-refractivity contribution in [3.63, 3.8) is 0 Å². The summed E-state index contributed by atoms with van der Waals surface area (Å²) < 4.78 is 13.3. The zero-order valence-electron chi connectivity index (χ0n) is 29.4. The van der Waals surface area contributed by atoms with E-state index >= 15 is 0 Å². The van der Waals surface area contributed by atoms with Crippen LogP contribution in [-0.2, 0) is 9.31 Å². The monoisotopic (exact) mass is 662 g/mol. The Kier molecular flexibility index (Phi) is 8.47. The fraction of sp³-hybridized carbons (Fsp3) is 0.130. The van der Waals surface area contributed by atoms with E-state index in [1.54, 1.807) is 0 Å². The molecule has 2 aromatic heterocycles. The summed E-state index contributed by atoms with van der Waals surface area (Å²) in [6.07, 6.45) is 3.81. The molecule has 0 radical (unpaired) electrons. The lowest BCUT2D eigenvalue weighted by atomic mass is 9.75. The molecule has 51 heavy (non-hydrogen) atoms. The predicted octanol–water partition coefficient (Wildman–Crippen LogP) is 10.8. The molecule has 0 aliphatic carbocycles. The Morgan fingerprint density at radius 3 is 1.43 bits per heavy atom. The Bertz CT molecular complexity index is 2140. The van der Waals surface area contributed by atoms with Gasteiger partial charge in [-0.05, 0) is 96.4 Å². The Morgan fingerprint density at radius 2 is 0.882 bits per heavy atom. The molecule has 248 valence electrons. The molecule has 5 aromatic carbocycles. The smallest absolute Gasteiger partial charge is 0.399 e. The predicted molar refractivity (Wildman–Crippen MR) is 210 cm³/mol. The topological polar surface area (TPSA) is 44.2 Å². The summed E-state index contributed by atoms with van der Waals surface area (Å²) in [7, 11) is -0.516. The molecular formula is C46H39BN2O2. The van der Waals surface area contributed by atoms with E-state index < -0.39 is 18.3 Å². The van der Waals surface area contributed by atoms with Crippen LogP contribution >= 0.6 is 0 Å². The molecule has 0 N–H and O–H groups in total. The third-order valence-electron chi connectivity index (χ3n) is 10.3. The third-order valence-corrected chi connectivity index (χ3v) is 10.3. The highest BCUT2D eigenvalue weighted by molar-refractivity contribution is 6.62. The van der Waals surface area contributed by atoms with Crippen LogP contribution in [0.4, 0.5) is 0 Å². The molecule has 1 fully saturated rings. The minimum absolute atomic E-state index is 0.467. The van der Waals surface area contributed by atoms with Gasteiger partial charge in [-0.2, -0.15) is 0 Å². The van der Waals surface area contributed by atoms with E-state index in [0.29, 0.717) is 0 Å². The number of rotatable bonds is 7. The minimum Gasteiger partial charge on any atom is -0.399 e. The van der Waals surface area contributed by atoms with Crippen molar-refractivity contribution in [3.8, 4) is 67.0 Å². The van der Waals surface area contributed by atoms with Crippen molar-refractivity contribution < 1.29 is 9.31 Å². The first-order valence-electron chi connectivity index (χ1n) is 17.5. The fourth-order valence-corrected chi connectivity index (χ4v) is 6.74. The van der Waals surface area contributed by atoms with Crippen LogP contribution < -0.4 is 5.46 Å². The molecule has 7 aromatic rings. The Labute approximate surface area is 301 Å². The van der Waals surface area contributed by atoms with Crippen molar-refractivity contribution in [2.24, 2.45) is 0 Å². The number of benzene rings is 5. The molecule has 4 nitrogen and oxygen atoms in total. The molecule has 0 spiro atoms. The summed E-state index contributed by atoms with van der Waals surface area (Å²) >= 11 is 0. The van der Waals surface area contributed by atoms with Gasteiger partial charge in [0, 0.05) is 29.1 Å². The molecule has 0 unspecified atom stereocenters. The van der Waals surface area contributed by atoms with Gasteiger partial charge < -0.3 is 9.31 Å². The molecule has 1 aliphatic rings. The van der Waals surface area contributed by atoms with E-state index in [2.05, 4.69) is 148 Å². The molecule has 1 aliphatic heterocycles. The van der Waals surface area contributed by atoms with Gasteiger partial charge in [-0.15, -0.1) is 0 Å². The van der Waals surface area contributed by atoms with Crippen LogP contribution in [0.1, 0.15) is 27.7 Å². The Balaban J connectivity index is 1.24. The quantitative estimate of drug-likeness (QED) is 0.159. The normalized spacial score (nSPS) is 14.8. The van der Waals surface area contributed by atoms with Crippen LogP contribution in [-0.4, -0.2) is 28.3 Å². The number of pyridine rings is 2. The van der Waals surface area contributed by atoms with Gasteiger partial charge in [-0.25, -0.2) is 0 Å². The largest absolute Gasteiger partial charge is 0.494 e. The summed E-state index contributed by atoms with van der Waals surface area (Å²) in [6, 6.07) is 53.1. The lowest BCUT2D eigenvalue weighted by molar-refractivity contribution is 0.00578. The highest BCUT2D eigenvalue weighted by Crippen LogP contribution is 2.40. The second kappa shape index (κ2) is 13.3. The fourth-order valence-electron chi connectivity index (χ4n) is 6.74. The average Bonchev–Trinajstić information content (AvgIpc) is 3.41. The van der Waals surface area contributed by atoms with Crippen LogP contribution in [0.2, 0.25) is 0 Å². The van der Waals surface area contributed by atoms with E-state index in [0.717, 1.165) is 72.5 Å². The zero-order chi connectivity index (χ0) is 35.0. The first-order valence-corrected chi connectivity index (χ1v) is 17.5. The molecule has 1 saturated heterocycles. The molecule has 8 rings (SSSR count). The van der Waals surface area contributed by atoms with Gasteiger partial charge in [0.2, 0.25) is 0 Å². The highest BCUT2D eigenvalue weighted by Gasteiger charge is 2.51. The van der Waals surface area contributed by atoms with Gasteiger partial charge in [-0.1, -0.05) is 127 Å². The first-order chi connectivity index (χ1) is 24.8. The van der Waals surface area contributed by atoms with Gasteiger partial charge in [0.05, 0.1) is 22.6 Å². The van der Waals surface area contributed by atoms with Gasteiger partial charge in [0.1, 0.15) is 0 Å². The number of hydrogen-bond donors (Lipinski definition) is 0. The second-order valence-corrected chi connectivity index (χ2v) is 14.1. The standard InChI is InChI=1S/C46H39BN2O2/c1-45(2)46(3,4)51-47(50-45)38-29-36(41-18-10-8-16-39(41)32-21-23-34(24-22-32)43-20-12-13-27-48-43)28-37(30-38)42-19-11-9-17-40(42)35-25-26-44(49-31-35)33-14-6-5-7-15-33/h5-31H,1-4H3. The Hall–Kier alpha value is -5.62. The maximum atomic E-state index is 6.63. The molecular weight excluding hydrogens is 623 g/mol. The van der Waals surface area contributed by atoms with Crippen molar-refractivity contribution in [2.45, 2.75) is 38.9 Å². The van der Waals surface area contributed by atoms with E-state index in [9.17, 15) is 0 Å². The third kappa shape index (κ3) is 6.43. The van der Waals surface area contributed by atoms with Crippen molar-refractivity contribution in [1.29, 1.82) is 0 Å². The van der Waals surface area contributed by atoms with Crippen LogP contribution in [0.3, 0.4) is 0 Å². The van der Waals surface area contributed by atoms with Crippen molar-refractivity contribution in [3.05, 3.63) is 164 Å². The molecule has 0 atom stereocenters. The van der Waals surface area contributed by atoms with Gasteiger partial charge >= 0.3 is 7.12 Å². The number of nitrogens with zero attached hydrogens (tertiary/aromatic N) is 2. The first kappa shape index (κ1) is 32.6. The molecule has 5 heteroatoms. The number of hydrogen-bond acceptors (Lipinski definition) is 4. The van der Waals surface area contributed by atoms with E-state index in [-0.39, 0.29) is 0 Å². The van der Waals surface area contributed by atoms with Gasteiger partial charge in [0.25, 0.3) is 0 Å². The van der Waals surface area contributed by atoms with Gasteiger partial charge in [-0.3, -0.25) is 9.97 Å². The molecule has 0 saturated carbocycles. The zero-order valence-corrected chi connectivity index (χ0v) is 29.4. The van der Waals surface area contributed by atoms with E-state index in [1.807, 2.05) is 48.8 Å². The lowest BCUT2D eigenvalue weighted by Gasteiger charge is -2.32. The van der Waals surface area contributed by atoms with Crippen LogP contribution in [0.25, 0.3) is 67.0 Å². The minimum atomic E-state index is -0.516. The van der Waals surface area contributed by atoms with Crippen molar-refractivity contribution in [1.82, 2.24) is 9.97 Å². The van der Waals surface area contributed by atoms with Crippen LogP contribution in [0, 0.1) is 0 Å². The van der Waals surface area contributed by atoms with Crippen molar-refractivity contribution >= 4 is 12.6 Å². The number of aromatic nitrogens is 2. The lowest BCUT2D eigenvalue weighted by Crippen LogP contribution is -2.41. The average molecular weight is 663 g/mol. The van der Waals surface area contributed by atoms with E-state index in [4.69, 9.17) is 14.3 Å². The maximum Gasteiger partial charge on any atom is 0.494 e. The van der Waals surface area contributed by atoms with Crippen molar-refractivity contribution in [2.75, 3.05) is 0 Å². The molecule has 0 amide bonds. The summed E-state index contributed by atoms with van der Waals surface area (Å²) in [5, 5.41) is 0. The Morgan fingerprint density at radius 1 is 0.412 bits per heavy atom. The van der Waals surface area contributed by atoms with E-state index in [1.165, 1.54) is 0 Å². The highest BCUT2D eigenvalue weighted by atomic mass is 16.7. The molecule has 3 heterocycles. The second-order valence-electron chi connectivity index (χ2n) is 14.1. The van der Waals surface area contributed by atoms with Crippen LogP contribution in [0.15, 0.2) is 164 Å². The summed E-state index contributed by atoms with van der Waals surface area (Å²) in [4.78, 5) is 9.41.